The Morgan fingerprint density at radius 3 is 2.17 bits per heavy atom. The van der Waals surface area contributed by atoms with E-state index < -0.39 is 43.3 Å². The number of rotatable bonds is 7. The van der Waals surface area contributed by atoms with Crippen LogP contribution in [0.1, 0.15) is 5.56 Å². The summed E-state index contributed by atoms with van der Waals surface area (Å²) in [7, 11) is 0. The molecule has 218 valence electrons. The van der Waals surface area contributed by atoms with Crippen LogP contribution in [0.3, 0.4) is 0 Å². The van der Waals surface area contributed by atoms with Crippen LogP contribution in [-0.2, 0) is 9.53 Å². The quantitative estimate of drug-likeness (QED) is 0.0960. The summed E-state index contributed by atoms with van der Waals surface area (Å²) in [5.41, 5.74) is 1.11. The molecule has 1 fully saturated rings. The number of hydrogen-bond donors (Lipinski definition) is 7. The lowest BCUT2D eigenvalue weighted by atomic mass is 9.99. The zero-order valence-corrected chi connectivity index (χ0v) is 21.8. The van der Waals surface area contributed by atoms with Gasteiger partial charge in [-0.1, -0.05) is 12.1 Å². The third-order valence-electron chi connectivity index (χ3n) is 6.54. The number of benzene rings is 3. The van der Waals surface area contributed by atoms with Gasteiger partial charge < -0.3 is 50.0 Å². The van der Waals surface area contributed by atoms with Gasteiger partial charge in [-0.05, 0) is 48.0 Å². The number of phenolic OH excluding ortho intramolecular Hbond substituents is 3. The molecule has 1 aromatic heterocycles. The molecule has 0 spiro atoms. The van der Waals surface area contributed by atoms with Gasteiger partial charge in [-0.3, -0.25) is 0 Å². The van der Waals surface area contributed by atoms with Gasteiger partial charge in [-0.15, -0.1) is 0 Å². The monoisotopic (exact) mass is 579 g/mol. The van der Waals surface area contributed by atoms with Crippen LogP contribution in [0.4, 0.5) is 0 Å². The Bertz CT molecular complexity index is 1600. The normalized spacial score (nSPS) is 22.3. The molecule has 42 heavy (non-hydrogen) atoms. The molecule has 0 saturated carbocycles. The van der Waals surface area contributed by atoms with Gasteiger partial charge in [-0.25, -0.2) is 9.21 Å². The van der Waals surface area contributed by atoms with Crippen LogP contribution in [0.25, 0.3) is 28.4 Å². The number of aliphatic hydroxyl groups excluding tert-OH is 4. The molecule has 1 aliphatic heterocycles. The number of hydrogen-bond acceptors (Lipinski definition) is 11. The van der Waals surface area contributed by atoms with Gasteiger partial charge >= 0.3 is 17.3 Å². The highest BCUT2D eigenvalue weighted by Crippen LogP contribution is 2.41. The first-order valence-electron chi connectivity index (χ1n) is 12.7. The van der Waals surface area contributed by atoms with Gasteiger partial charge in [-0.2, -0.15) is 0 Å². The third-order valence-corrected chi connectivity index (χ3v) is 6.54. The molecule has 5 atom stereocenters. The lowest BCUT2D eigenvalue weighted by molar-refractivity contribution is -0.277. The zero-order chi connectivity index (χ0) is 30.0. The van der Waals surface area contributed by atoms with Gasteiger partial charge in [0.1, 0.15) is 52.8 Å². The minimum Gasteiger partial charge on any atom is -0.508 e. The summed E-state index contributed by atoms with van der Waals surface area (Å²) in [5, 5.41) is 69.9. The van der Waals surface area contributed by atoms with E-state index in [1.807, 2.05) is 0 Å². The Morgan fingerprint density at radius 1 is 0.833 bits per heavy atom. The highest BCUT2D eigenvalue weighted by Gasteiger charge is 2.45. The van der Waals surface area contributed by atoms with Crippen LogP contribution < -0.4 is 9.47 Å². The van der Waals surface area contributed by atoms with Crippen LogP contribution >= 0.6 is 0 Å². The maximum atomic E-state index is 12.8. The lowest BCUT2D eigenvalue weighted by Gasteiger charge is -2.39. The summed E-state index contributed by atoms with van der Waals surface area (Å²) < 4.78 is 22.8. The summed E-state index contributed by atoms with van der Waals surface area (Å²) in [5.74, 6) is -1.14. The molecule has 0 radical (unpaired) electrons. The zero-order valence-electron chi connectivity index (χ0n) is 21.8. The molecule has 12 heteroatoms. The first kappa shape index (κ1) is 28.8. The number of aliphatic hydroxyl groups is 4. The van der Waals surface area contributed by atoms with Gasteiger partial charge in [0.25, 0.3) is 0 Å². The molecule has 3 aromatic carbocycles. The molecule has 5 rings (SSSR count). The Hall–Kier alpha value is -4.72. The van der Waals surface area contributed by atoms with Crippen LogP contribution in [0.15, 0.2) is 77.2 Å². The first-order valence-corrected chi connectivity index (χ1v) is 12.7. The molecule has 4 aromatic rings. The van der Waals surface area contributed by atoms with E-state index in [0.29, 0.717) is 11.1 Å². The summed E-state index contributed by atoms with van der Waals surface area (Å²) in [6.45, 7) is -0.672. The predicted octanol–water partition coefficient (Wildman–Crippen LogP) is 2.30. The molecular weight excluding hydrogens is 552 g/mol. The second-order valence-electron chi connectivity index (χ2n) is 9.50. The molecule has 1 aliphatic rings. The summed E-state index contributed by atoms with van der Waals surface area (Å²) in [6, 6.07) is 15.8. The van der Waals surface area contributed by atoms with Crippen LogP contribution in [0.5, 0.6) is 28.7 Å². The predicted molar refractivity (Wildman–Crippen MR) is 147 cm³/mol. The van der Waals surface area contributed by atoms with E-state index in [1.54, 1.807) is 12.1 Å². The Labute approximate surface area is 238 Å². The van der Waals surface area contributed by atoms with Crippen LogP contribution in [0, 0.1) is 0 Å². The Morgan fingerprint density at radius 2 is 1.50 bits per heavy atom. The smallest absolute Gasteiger partial charge is 0.402 e. The number of carbonyl (C=O) groups is 1. The maximum absolute atomic E-state index is 12.8. The summed E-state index contributed by atoms with van der Waals surface area (Å²) in [6.07, 6.45) is -5.19. The molecular formula is C30H27O12+. The summed E-state index contributed by atoms with van der Waals surface area (Å²) in [4.78, 5) is 12.8. The second kappa shape index (κ2) is 12.0. The standard InChI is InChI=1S/C30H26O12/c31-14-24-26(36)27(37)28(38)30(42-24)41-22-12-19(34)11-21-20(22)13-23(29(40-21)16-4-8-18(33)9-5-16)39-25(35)10-3-15-1-6-17(32)7-2-15/h1-13,24,26-28,30-31,36-38H,14H2,(H2-,32,33,34,35)/p+1/t24-,26-,27+,28-,30-/m1/s1. The number of aromatic hydroxyl groups is 3. The Balaban J connectivity index is 1.54. The Kier molecular flexibility index (Phi) is 8.24. The number of phenols is 3. The van der Waals surface area contributed by atoms with Gasteiger partial charge in [0.15, 0.2) is 0 Å². The van der Waals surface area contributed by atoms with E-state index in [2.05, 4.69) is 0 Å². The highest BCUT2D eigenvalue weighted by atomic mass is 16.7. The van der Waals surface area contributed by atoms with Gasteiger partial charge in [0.2, 0.25) is 12.0 Å². The number of esters is 1. The topological polar surface area (TPSA) is 198 Å². The maximum Gasteiger partial charge on any atom is 0.402 e. The van der Waals surface area contributed by atoms with Crippen molar-refractivity contribution in [2.75, 3.05) is 6.61 Å². The van der Waals surface area contributed by atoms with E-state index in [-0.39, 0.29) is 45.5 Å². The third kappa shape index (κ3) is 6.12. The molecule has 0 amide bonds. The number of fused-ring (bicyclic) bond motifs is 1. The molecule has 0 unspecified atom stereocenters. The van der Waals surface area contributed by atoms with E-state index in [0.717, 1.165) is 0 Å². The molecule has 12 nitrogen and oxygen atoms in total. The van der Waals surface area contributed by atoms with Crippen LogP contribution in [0.2, 0.25) is 0 Å². The SMILES string of the molecule is O=C(C=Cc1ccc(O)cc1)Oc1cc2c(O[C@@H]3O[C@H](CO)[C@@H](O)[C@H](O)[C@H]3O)cc(O)cc2[o+]c1-c1ccc(O)cc1. The lowest BCUT2D eigenvalue weighted by Crippen LogP contribution is -2.60. The second-order valence-corrected chi connectivity index (χ2v) is 9.50. The van der Waals surface area contributed by atoms with Crippen molar-refractivity contribution in [2.45, 2.75) is 30.7 Å². The van der Waals surface area contributed by atoms with Crippen molar-refractivity contribution in [3.63, 3.8) is 0 Å². The fourth-order valence-electron chi connectivity index (χ4n) is 4.34. The van der Waals surface area contributed by atoms with Crippen molar-refractivity contribution in [3.05, 3.63) is 78.4 Å². The highest BCUT2D eigenvalue weighted by molar-refractivity contribution is 5.93. The van der Waals surface area contributed by atoms with E-state index in [9.17, 15) is 40.5 Å². The van der Waals surface area contributed by atoms with E-state index in [1.165, 1.54) is 66.7 Å². The molecule has 1 saturated heterocycles. The van der Waals surface area contributed by atoms with E-state index in [4.69, 9.17) is 18.6 Å². The van der Waals surface area contributed by atoms with Crippen molar-refractivity contribution < 1.29 is 59.2 Å². The molecule has 0 aliphatic carbocycles. The molecule has 7 N–H and O–H groups in total. The fraction of sp³-hybridized carbons (Fsp3) is 0.200. The van der Waals surface area contributed by atoms with E-state index >= 15 is 0 Å². The summed E-state index contributed by atoms with van der Waals surface area (Å²) >= 11 is 0. The van der Waals surface area contributed by atoms with Crippen LogP contribution in [-0.4, -0.2) is 79.0 Å². The molecule has 2 heterocycles. The minimum absolute atomic E-state index is 0.0113. The first-order chi connectivity index (χ1) is 20.1. The van der Waals surface area contributed by atoms with Crippen molar-refractivity contribution in [1.82, 2.24) is 0 Å². The van der Waals surface area contributed by atoms with Gasteiger partial charge in [0.05, 0.1) is 18.2 Å². The minimum atomic E-state index is -1.73. The van der Waals surface area contributed by atoms with Crippen molar-refractivity contribution in [2.24, 2.45) is 0 Å². The van der Waals surface area contributed by atoms with Crippen molar-refractivity contribution in [1.29, 1.82) is 0 Å². The fourth-order valence-corrected chi connectivity index (χ4v) is 4.34. The number of ether oxygens (including phenoxy) is 3. The van der Waals surface area contributed by atoms with Crippen molar-refractivity contribution in [3.8, 4) is 40.1 Å². The average molecular weight is 580 g/mol. The largest absolute Gasteiger partial charge is 0.508 e. The average Bonchev–Trinajstić information content (AvgIpc) is 2.97. The number of carbonyl (C=O) groups excluding carboxylic acids is 1. The van der Waals surface area contributed by atoms with Gasteiger partial charge in [0, 0.05) is 18.2 Å². The van der Waals surface area contributed by atoms with Crippen molar-refractivity contribution >= 4 is 23.0 Å². The molecule has 0 bridgehead atoms.